The molecule has 6 heteroatoms. The molecule has 1 aliphatic rings. The first-order valence-corrected chi connectivity index (χ1v) is 6.57. The van der Waals surface area contributed by atoms with Crippen LogP contribution in [0.25, 0.3) is 0 Å². The van der Waals surface area contributed by atoms with Gasteiger partial charge in [0.05, 0.1) is 19.3 Å². The number of likely N-dealkylation sites (tertiary alicyclic amines) is 1. The van der Waals surface area contributed by atoms with E-state index in [1.54, 1.807) is 11.8 Å². The number of carbonyl (C=O) groups excluding carboxylic acids is 2. The smallest absolute Gasteiger partial charge is 0.410 e. The SMILES string of the molecule is CCOC(=O)CO[C@@H]1CCN(C(=O)OC(C)(C)C)C1. The molecule has 1 atom stereocenters. The number of nitrogens with zero attached hydrogens (tertiary/aromatic N) is 1. The van der Waals surface area contributed by atoms with E-state index in [0.717, 1.165) is 0 Å². The Morgan fingerprint density at radius 1 is 1.32 bits per heavy atom. The zero-order chi connectivity index (χ0) is 14.5. The minimum atomic E-state index is -0.499. The molecule has 0 spiro atoms. The lowest BCUT2D eigenvalue weighted by atomic mass is 10.2. The summed E-state index contributed by atoms with van der Waals surface area (Å²) in [6.45, 7) is 8.55. The van der Waals surface area contributed by atoms with Gasteiger partial charge in [-0.25, -0.2) is 9.59 Å². The molecule has 0 aromatic rings. The number of esters is 1. The lowest BCUT2D eigenvalue weighted by molar-refractivity contribution is -0.150. The number of amides is 1. The second-order valence-corrected chi connectivity index (χ2v) is 5.45. The third kappa shape index (κ3) is 5.92. The average Bonchev–Trinajstić information content (AvgIpc) is 2.73. The maximum Gasteiger partial charge on any atom is 0.410 e. The van der Waals surface area contributed by atoms with Crippen molar-refractivity contribution in [2.24, 2.45) is 0 Å². The predicted octanol–water partition coefficient (Wildman–Crippen LogP) is 1.58. The minimum absolute atomic E-state index is 0.0688. The van der Waals surface area contributed by atoms with Crippen LogP contribution in [0.15, 0.2) is 0 Å². The number of rotatable bonds is 4. The van der Waals surface area contributed by atoms with Gasteiger partial charge in [0.1, 0.15) is 12.2 Å². The molecule has 0 N–H and O–H groups in total. The quantitative estimate of drug-likeness (QED) is 0.727. The van der Waals surface area contributed by atoms with Gasteiger partial charge >= 0.3 is 12.1 Å². The van der Waals surface area contributed by atoms with Gasteiger partial charge in [0, 0.05) is 6.54 Å². The third-order valence-corrected chi connectivity index (χ3v) is 2.54. The van der Waals surface area contributed by atoms with Crippen LogP contribution in [0.5, 0.6) is 0 Å². The highest BCUT2D eigenvalue weighted by atomic mass is 16.6. The van der Waals surface area contributed by atoms with Crippen LogP contribution in [0.2, 0.25) is 0 Å². The van der Waals surface area contributed by atoms with E-state index in [4.69, 9.17) is 14.2 Å². The van der Waals surface area contributed by atoms with Crippen molar-refractivity contribution in [1.29, 1.82) is 0 Å². The Kier molecular flexibility index (Phi) is 5.60. The standard InChI is InChI=1S/C13H23NO5/c1-5-17-11(15)9-18-10-6-7-14(8-10)12(16)19-13(2,3)4/h10H,5-9H2,1-4H3/t10-/m1/s1. The van der Waals surface area contributed by atoms with Crippen molar-refractivity contribution < 1.29 is 23.8 Å². The van der Waals surface area contributed by atoms with E-state index < -0.39 is 5.60 Å². The summed E-state index contributed by atoms with van der Waals surface area (Å²) in [7, 11) is 0. The summed E-state index contributed by atoms with van der Waals surface area (Å²) >= 11 is 0. The molecule has 1 saturated heterocycles. The van der Waals surface area contributed by atoms with E-state index in [-0.39, 0.29) is 24.8 Å². The summed E-state index contributed by atoms with van der Waals surface area (Å²) in [5.74, 6) is -0.377. The molecule has 1 heterocycles. The second kappa shape index (κ2) is 6.75. The number of ether oxygens (including phenoxy) is 3. The summed E-state index contributed by atoms with van der Waals surface area (Å²) in [5.41, 5.74) is -0.499. The van der Waals surface area contributed by atoms with Gasteiger partial charge in [-0.05, 0) is 34.1 Å². The molecule has 1 rings (SSSR count). The molecule has 1 fully saturated rings. The minimum Gasteiger partial charge on any atom is -0.464 e. The highest BCUT2D eigenvalue weighted by Gasteiger charge is 2.30. The summed E-state index contributed by atoms with van der Waals surface area (Å²) < 4.78 is 15.5. The first-order valence-electron chi connectivity index (χ1n) is 6.57. The third-order valence-electron chi connectivity index (χ3n) is 2.54. The Labute approximate surface area is 114 Å². The van der Waals surface area contributed by atoms with Crippen LogP contribution < -0.4 is 0 Å². The molecule has 0 radical (unpaired) electrons. The van der Waals surface area contributed by atoms with Crippen molar-refractivity contribution in [2.45, 2.75) is 45.8 Å². The predicted molar refractivity (Wildman–Crippen MR) is 68.8 cm³/mol. The summed E-state index contributed by atoms with van der Waals surface area (Å²) in [5, 5.41) is 0. The van der Waals surface area contributed by atoms with Crippen molar-refractivity contribution in [3.05, 3.63) is 0 Å². The molecule has 110 valence electrons. The van der Waals surface area contributed by atoms with E-state index in [2.05, 4.69) is 0 Å². The van der Waals surface area contributed by atoms with Crippen molar-refractivity contribution >= 4 is 12.1 Å². The first-order chi connectivity index (χ1) is 8.81. The molecule has 0 aromatic heterocycles. The van der Waals surface area contributed by atoms with Crippen molar-refractivity contribution in [3.63, 3.8) is 0 Å². The van der Waals surface area contributed by atoms with E-state index in [1.165, 1.54) is 0 Å². The highest BCUT2D eigenvalue weighted by Crippen LogP contribution is 2.17. The van der Waals surface area contributed by atoms with Gasteiger partial charge in [0.15, 0.2) is 0 Å². The molecule has 6 nitrogen and oxygen atoms in total. The lowest BCUT2D eigenvalue weighted by Crippen LogP contribution is -2.36. The van der Waals surface area contributed by atoms with E-state index in [1.807, 2.05) is 20.8 Å². The van der Waals surface area contributed by atoms with Crippen LogP contribution in [-0.2, 0) is 19.0 Å². The molecular formula is C13H23NO5. The Bertz CT molecular complexity index is 323. The summed E-state index contributed by atoms with van der Waals surface area (Å²) in [6, 6.07) is 0. The molecule has 1 amide bonds. The fraction of sp³-hybridized carbons (Fsp3) is 0.846. The van der Waals surface area contributed by atoms with Crippen molar-refractivity contribution in [1.82, 2.24) is 4.90 Å². The van der Waals surface area contributed by atoms with Crippen molar-refractivity contribution in [3.8, 4) is 0 Å². The van der Waals surface area contributed by atoms with Crippen molar-refractivity contribution in [2.75, 3.05) is 26.3 Å². The lowest BCUT2D eigenvalue weighted by Gasteiger charge is -2.24. The van der Waals surface area contributed by atoms with E-state index in [0.29, 0.717) is 26.1 Å². The molecule has 1 aliphatic heterocycles. The number of carbonyl (C=O) groups is 2. The second-order valence-electron chi connectivity index (χ2n) is 5.45. The Hall–Kier alpha value is -1.30. The van der Waals surface area contributed by atoms with Crippen LogP contribution in [0.3, 0.4) is 0 Å². The molecular weight excluding hydrogens is 250 g/mol. The van der Waals surface area contributed by atoms with E-state index >= 15 is 0 Å². The molecule has 0 bridgehead atoms. The topological polar surface area (TPSA) is 65.1 Å². The van der Waals surface area contributed by atoms with Crippen LogP contribution in [0.4, 0.5) is 4.79 Å². The maximum absolute atomic E-state index is 11.8. The molecule has 0 aromatic carbocycles. The monoisotopic (exact) mass is 273 g/mol. The molecule has 0 aliphatic carbocycles. The maximum atomic E-state index is 11.8. The fourth-order valence-electron chi connectivity index (χ4n) is 1.75. The average molecular weight is 273 g/mol. The number of hydrogen-bond donors (Lipinski definition) is 0. The molecule has 19 heavy (non-hydrogen) atoms. The molecule has 0 saturated carbocycles. The van der Waals surface area contributed by atoms with Gasteiger partial charge in [0.2, 0.25) is 0 Å². The zero-order valence-electron chi connectivity index (χ0n) is 12.1. The van der Waals surface area contributed by atoms with E-state index in [9.17, 15) is 9.59 Å². The van der Waals surface area contributed by atoms with Crippen LogP contribution in [0, 0.1) is 0 Å². The normalized spacial score (nSPS) is 19.4. The van der Waals surface area contributed by atoms with Gasteiger partial charge in [-0.2, -0.15) is 0 Å². The highest BCUT2D eigenvalue weighted by molar-refractivity contribution is 5.70. The van der Waals surface area contributed by atoms with Gasteiger partial charge in [0.25, 0.3) is 0 Å². The summed E-state index contributed by atoms with van der Waals surface area (Å²) in [4.78, 5) is 24.6. The van der Waals surface area contributed by atoms with Gasteiger partial charge in [-0.3, -0.25) is 0 Å². The van der Waals surface area contributed by atoms with Gasteiger partial charge < -0.3 is 19.1 Å². The summed E-state index contributed by atoms with van der Waals surface area (Å²) in [6.07, 6.45) is 0.241. The van der Waals surface area contributed by atoms with Crippen LogP contribution >= 0.6 is 0 Å². The fourth-order valence-corrected chi connectivity index (χ4v) is 1.75. The number of hydrogen-bond acceptors (Lipinski definition) is 5. The Balaban J connectivity index is 2.29. The van der Waals surface area contributed by atoms with Crippen LogP contribution in [-0.4, -0.2) is 55.0 Å². The van der Waals surface area contributed by atoms with Crippen LogP contribution in [0.1, 0.15) is 34.1 Å². The first kappa shape index (κ1) is 15.8. The Morgan fingerprint density at radius 3 is 2.58 bits per heavy atom. The van der Waals surface area contributed by atoms with Gasteiger partial charge in [-0.1, -0.05) is 0 Å². The van der Waals surface area contributed by atoms with Gasteiger partial charge in [-0.15, -0.1) is 0 Å². The zero-order valence-corrected chi connectivity index (χ0v) is 12.1. The molecule has 0 unspecified atom stereocenters. The largest absolute Gasteiger partial charge is 0.464 e. The Morgan fingerprint density at radius 2 is 2.00 bits per heavy atom.